The minimum atomic E-state index is -0.0323. The molecule has 0 fully saturated rings. The van der Waals surface area contributed by atoms with Crippen molar-refractivity contribution in [2.24, 2.45) is 0 Å². The Labute approximate surface area is 142 Å². The van der Waals surface area contributed by atoms with E-state index in [0.717, 1.165) is 40.6 Å². The van der Waals surface area contributed by atoms with Gasteiger partial charge in [-0.3, -0.25) is 4.79 Å². The predicted octanol–water partition coefficient (Wildman–Crippen LogP) is 3.94. The van der Waals surface area contributed by atoms with Crippen LogP contribution in [0.3, 0.4) is 0 Å². The van der Waals surface area contributed by atoms with Crippen molar-refractivity contribution < 1.29 is 4.79 Å². The van der Waals surface area contributed by atoms with Crippen molar-refractivity contribution >= 4 is 43.8 Å². The SMILES string of the molecule is CC(=O)Nc1sc2c(c1-c1nc3c(C)cccc3s1)CCNC2. The van der Waals surface area contributed by atoms with Crippen molar-refractivity contribution in [3.8, 4) is 10.6 Å². The van der Waals surface area contributed by atoms with Gasteiger partial charge in [0.05, 0.1) is 10.2 Å². The van der Waals surface area contributed by atoms with Crippen molar-refractivity contribution in [1.82, 2.24) is 10.3 Å². The van der Waals surface area contributed by atoms with Crippen LogP contribution in [-0.4, -0.2) is 17.4 Å². The van der Waals surface area contributed by atoms with Gasteiger partial charge in [-0.25, -0.2) is 4.98 Å². The molecule has 0 bridgehead atoms. The highest BCUT2D eigenvalue weighted by atomic mass is 32.1. The molecule has 118 valence electrons. The molecule has 0 saturated heterocycles. The molecule has 2 aromatic heterocycles. The van der Waals surface area contributed by atoms with Gasteiger partial charge in [-0.05, 0) is 37.1 Å². The van der Waals surface area contributed by atoms with Crippen LogP contribution < -0.4 is 10.6 Å². The molecule has 0 aliphatic carbocycles. The molecule has 2 N–H and O–H groups in total. The number of carbonyl (C=O) groups excluding carboxylic acids is 1. The number of para-hydroxylation sites is 1. The van der Waals surface area contributed by atoms with Crippen LogP contribution in [0.25, 0.3) is 20.8 Å². The maximum atomic E-state index is 11.6. The largest absolute Gasteiger partial charge is 0.317 e. The van der Waals surface area contributed by atoms with Gasteiger partial charge in [0.15, 0.2) is 0 Å². The maximum Gasteiger partial charge on any atom is 0.221 e. The second kappa shape index (κ2) is 5.70. The summed E-state index contributed by atoms with van der Waals surface area (Å²) in [5, 5.41) is 8.35. The number of nitrogens with one attached hydrogen (secondary N) is 2. The first-order valence-corrected chi connectivity index (χ1v) is 9.26. The van der Waals surface area contributed by atoms with Crippen molar-refractivity contribution in [1.29, 1.82) is 0 Å². The molecule has 0 atom stereocenters. The highest BCUT2D eigenvalue weighted by Gasteiger charge is 2.24. The highest BCUT2D eigenvalue weighted by Crippen LogP contribution is 2.44. The lowest BCUT2D eigenvalue weighted by Crippen LogP contribution is -2.22. The summed E-state index contributed by atoms with van der Waals surface area (Å²) in [6.45, 7) is 5.49. The zero-order valence-electron chi connectivity index (χ0n) is 13.0. The van der Waals surface area contributed by atoms with Crippen LogP contribution in [0.15, 0.2) is 18.2 Å². The fourth-order valence-electron chi connectivity index (χ4n) is 3.00. The minimum Gasteiger partial charge on any atom is -0.317 e. The maximum absolute atomic E-state index is 11.6. The number of nitrogens with zero attached hydrogens (tertiary/aromatic N) is 1. The fraction of sp³-hybridized carbons (Fsp3) is 0.294. The molecule has 0 unspecified atom stereocenters. The number of thiazole rings is 1. The number of anilines is 1. The van der Waals surface area contributed by atoms with E-state index in [1.807, 2.05) is 0 Å². The van der Waals surface area contributed by atoms with Crippen LogP contribution in [0.5, 0.6) is 0 Å². The number of hydrogen-bond acceptors (Lipinski definition) is 5. The van der Waals surface area contributed by atoms with Gasteiger partial charge in [0.2, 0.25) is 5.91 Å². The second-order valence-corrected chi connectivity index (χ2v) is 7.89. The van der Waals surface area contributed by atoms with E-state index in [2.05, 4.69) is 35.8 Å². The standard InChI is InChI=1S/C17H17N3OS2/c1-9-4-3-5-12-15(9)20-17(22-12)14-11-6-7-18-8-13(11)23-16(14)19-10(2)21/h3-5,18H,6-8H2,1-2H3,(H,19,21). The molecular weight excluding hydrogens is 326 g/mol. The first kappa shape index (κ1) is 14.8. The third kappa shape index (κ3) is 2.56. The number of thiophene rings is 1. The van der Waals surface area contributed by atoms with E-state index < -0.39 is 0 Å². The van der Waals surface area contributed by atoms with E-state index in [-0.39, 0.29) is 5.91 Å². The zero-order chi connectivity index (χ0) is 16.0. The summed E-state index contributed by atoms with van der Waals surface area (Å²) in [6.07, 6.45) is 0.982. The summed E-state index contributed by atoms with van der Waals surface area (Å²) in [5.74, 6) is -0.0323. The first-order chi connectivity index (χ1) is 11.1. The smallest absolute Gasteiger partial charge is 0.221 e. The van der Waals surface area contributed by atoms with E-state index in [1.54, 1.807) is 29.6 Å². The number of benzene rings is 1. The minimum absolute atomic E-state index is 0.0323. The Hall–Kier alpha value is -1.76. The Morgan fingerprint density at radius 2 is 2.22 bits per heavy atom. The molecule has 4 rings (SSSR count). The quantitative estimate of drug-likeness (QED) is 0.741. The molecule has 0 spiro atoms. The van der Waals surface area contributed by atoms with Crippen molar-refractivity contribution in [2.45, 2.75) is 26.8 Å². The average Bonchev–Trinajstić information content (AvgIpc) is 3.07. The lowest BCUT2D eigenvalue weighted by Gasteiger charge is -2.13. The Kier molecular flexibility index (Phi) is 3.67. The monoisotopic (exact) mass is 343 g/mol. The Morgan fingerprint density at radius 3 is 3.00 bits per heavy atom. The summed E-state index contributed by atoms with van der Waals surface area (Å²) in [7, 11) is 0. The van der Waals surface area contributed by atoms with E-state index in [9.17, 15) is 4.79 Å². The van der Waals surface area contributed by atoms with Crippen molar-refractivity contribution in [3.05, 3.63) is 34.2 Å². The number of rotatable bonds is 2. The van der Waals surface area contributed by atoms with Crippen molar-refractivity contribution in [3.63, 3.8) is 0 Å². The van der Waals surface area contributed by atoms with Crippen LogP contribution in [0, 0.1) is 6.92 Å². The van der Waals surface area contributed by atoms with Gasteiger partial charge < -0.3 is 10.6 Å². The molecule has 1 aliphatic heterocycles. The van der Waals surface area contributed by atoms with Crippen LogP contribution in [0.2, 0.25) is 0 Å². The van der Waals surface area contributed by atoms with Crippen LogP contribution in [0.1, 0.15) is 22.9 Å². The normalized spacial score (nSPS) is 14.0. The summed E-state index contributed by atoms with van der Waals surface area (Å²) >= 11 is 3.38. The van der Waals surface area contributed by atoms with Gasteiger partial charge >= 0.3 is 0 Å². The predicted molar refractivity (Wildman–Crippen MR) is 97.4 cm³/mol. The van der Waals surface area contributed by atoms with Gasteiger partial charge in [-0.1, -0.05) is 12.1 Å². The lowest BCUT2D eigenvalue weighted by molar-refractivity contribution is -0.114. The number of amides is 1. The van der Waals surface area contributed by atoms with Gasteiger partial charge in [0.25, 0.3) is 0 Å². The zero-order valence-corrected chi connectivity index (χ0v) is 14.7. The van der Waals surface area contributed by atoms with Crippen molar-refractivity contribution in [2.75, 3.05) is 11.9 Å². The molecule has 23 heavy (non-hydrogen) atoms. The van der Waals surface area contributed by atoms with Gasteiger partial charge in [-0.2, -0.15) is 0 Å². The Balaban J connectivity index is 1.93. The topological polar surface area (TPSA) is 54.0 Å². The summed E-state index contributed by atoms with van der Waals surface area (Å²) in [5.41, 5.74) is 4.73. The molecule has 0 radical (unpaired) electrons. The summed E-state index contributed by atoms with van der Waals surface area (Å²) in [4.78, 5) is 17.8. The third-order valence-corrected chi connectivity index (χ3v) is 6.24. The molecule has 6 heteroatoms. The van der Waals surface area contributed by atoms with Gasteiger partial charge in [0.1, 0.15) is 10.0 Å². The molecule has 1 aliphatic rings. The van der Waals surface area contributed by atoms with Gasteiger partial charge in [0, 0.05) is 23.9 Å². The summed E-state index contributed by atoms with van der Waals surface area (Å²) < 4.78 is 1.20. The molecule has 0 saturated carbocycles. The van der Waals surface area contributed by atoms with E-state index in [4.69, 9.17) is 4.98 Å². The van der Waals surface area contributed by atoms with Crippen LogP contribution in [-0.2, 0) is 17.8 Å². The lowest BCUT2D eigenvalue weighted by atomic mass is 10.0. The summed E-state index contributed by atoms with van der Waals surface area (Å²) in [6, 6.07) is 6.27. The van der Waals surface area contributed by atoms with Gasteiger partial charge in [-0.15, -0.1) is 22.7 Å². The number of aryl methyl sites for hydroxylation is 1. The molecule has 3 heterocycles. The third-order valence-electron chi connectivity index (χ3n) is 4.05. The average molecular weight is 343 g/mol. The number of hydrogen-bond donors (Lipinski definition) is 2. The molecular formula is C17H17N3OS2. The second-order valence-electron chi connectivity index (χ2n) is 5.76. The fourth-order valence-corrected chi connectivity index (χ4v) is 5.45. The molecule has 1 aromatic carbocycles. The first-order valence-electron chi connectivity index (χ1n) is 7.63. The van der Waals surface area contributed by atoms with E-state index in [0.29, 0.717) is 0 Å². The Morgan fingerprint density at radius 1 is 1.35 bits per heavy atom. The van der Waals surface area contributed by atoms with Crippen LogP contribution >= 0.6 is 22.7 Å². The highest BCUT2D eigenvalue weighted by molar-refractivity contribution is 7.23. The Bertz CT molecular complexity index is 910. The van der Waals surface area contributed by atoms with Crippen LogP contribution in [0.4, 0.5) is 5.00 Å². The number of aromatic nitrogens is 1. The molecule has 1 amide bonds. The molecule has 4 nitrogen and oxygen atoms in total. The number of fused-ring (bicyclic) bond motifs is 2. The molecule has 3 aromatic rings. The number of carbonyl (C=O) groups is 1. The van der Waals surface area contributed by atoms with E-state index in [1.165, 1.54) is 20.7 Å². The van der Waals surface area contributed by atoms with E-state index >= 15 is 0 Å².